The third-order valence-corrected chi connectivity index (χ3v) is 3.65. The summed E-state index contributed by atoms with van der Waals surface area (Å²) in [7, 11) is 0. The van der Waals surface area contributed by atoms with Crippen molar-refractivity contribution in [2.45, 2.75) is 19.8 Å². The second-order valence-electron chi connectivity index (χ2n) is 5.34. The van der Waals surface area contributed by atoms with E-state index in [-0.39, 0.29) is 24.2 Å². The van der Waals surface area contributed by atoms with Crippen molar-refractivity contribution in [3.8, 4) is 5.75 Å². The molecule has 7 heteroatoms. The van der Waals surface area contributed by atoms with Gasteiger partial charge >= 0.3 is 17.8 Å². The third kappa shape index (κ3) is 4.45. The molecule has 1 heterocycles. The van der Waals surface area contributed by atoms with Crippen molar-refractivity contribution in [1.82, 2.24) is 4.90 Å². The number of carbonyl (C=O) groups excluding carboxylic acids is 3. The van der Waals surface area contributed by atoms with E-state index in [9.17, 15) is 19.5 Å². The van der Waals surface area contributed by atoms with Gasteiger partial charge < -0.3 is 20.1 Å². The number of phenolic OH excluding ortho intramolecular Hbond substituents is 1. The summed E-state index contributed by atoms with van der Waals surface area (Å²) < 4.78 is 4.98. The summed E-state index contributed by atoms with van der Waals surface area (Å²) in [5.74, 6) is -2.08. The molecule has 1 saturated heterocycles. The highest BCUT2D eigenvalue weighted by molar-refractivity contribution is 6.39. The van der Waals surface area contributed by atoms with Crippen LogP contribution in [-0.2, 0) is 19.1 Å². The first-order valence-electron chi connectivity index (χ1n) is 7.57. The van der Waals surface area contributed by atoms with Crippen molar-refractivity contribution in [2.75, 3.05) is 25.0 Å². The van der Waals surface area contributed by atoms with Gasteiger partial charge in [0, 0.05) is 18.8 Å². The predicted molar refractivity (Wildman–Crippen MR) is 82.7 cm³/mol. The Hall–Kier alpha value is -2.57. The standard InChI is InChI=1S/C16H20N2O5/c1-2-23-16(22)11-4-3-9-18(10-11)15(21)14(20)17-12-5-7-13(19)8-6-12/h5-8,11,19H,2-4,9-10H2,1H3,(H,17,20). The largest absolute Gasteiger partial charge is 0.508 e. The number of piperidine rings is 1. The first-order chi connectivity index (χ1) is 11.0. The van der Waals surface area contributed by atoms with E-state index in [1.807, 2.05) is 0 Å². The van der Waals surface area contributed by atoms with Gasteiger partial charge in [-0.15, -0.1) is 0 Å². The molecule has 1 fully saturated rings. The number of benzene rings is 1. The first-order valence-corrected chi connectivity index (χ1v) is 7.57. The van der Waals surface area contributed by atoms with Gasteiger partial charge in [-0.2, -0.15) is 0 Å². The van der Waals surface area contributed by atoms with E-state index in [1.54, 1.807) is 6.92 Å². The number of hydrogen-bond donors (Lipinski definition) is 2. The molecule has 0 aromatic heterocycles. The lowest BCUT2D eigenvalue weighted by Crippen LogP contribution is -2.47. The minimum Gasteiger partial charge on any atom is -0.508 e. The number of nitrogens with one attached hydrogen (secondary N) is 1. The van der Waals surface area contributed by atoms with Crippen LogP contribution in [0.5, 0.6) is 5.75 Å². The highest BCUT2D eigenvalue weighted by atomic mass is 16.5. The molecule has 23 heavy (non-hydrogen) atoms. The summed E-state index contributed by atoms with van der Waals surface area (Å²) in [6.45, 7) is 2.66. The zero-order valence-corrected chi connectivity index (χ0v) is 12.9. The minimum absolute atomic E-state index is 0.0719. The number of hydrogen-bond acceptors (Lipinski definition) is 5. The SMILES string of the molecule is CCOC(=O)C1CCCN(C(=O)C(=O)Nc2ccc(O)cc2)C1. The number of aromatic hydroxyl groups is 1. The number of rotatable bonds is 3. The fraction of sp³-hybridized carbons (Fsp3) is 0.438. The number of amides is 2. The molecule has 124 valence electrons. The number of esters is 1. The van der Waals surface area contributed by atoms with Gasteiger partial charge in [0.15, 0.2) is 0 Å². The Bertz CT molecular complexity index is 585. The Morgan fingerprint density at radius 3 is 2.65 bits per heavy atom. The van der Waals surface area contributed by atoms with Gasteiger partial charge in [0.05, 0.1) is 12.5 Å². The van der Waals surface area contributed by atoms with Crippen molar-refractivity contribution in [3.05, 3.63) is 24.3 Å². The Morgan fingerprint density at radius 1 is 1.30 bits per heavy atom. The lowest BCUT2D eigenvalue weighted by Gasteiger charge is -2.30. The van der Waals surface area contributed by atoms with Gasteiger partial charge in [-0.05, 0) is 44.0 Å². The first kappa shape index (κ1) is 16.8. The topological polar surface area (TPSA) is 95.9 Å². The predicted octanol–water partition coefficient (Wildman–Crippen LogP) is 1.13. The molecule has 0 radical (unpaired) electrons. The molecule has 7 nitrogen and oxygen atoms in total. The van der Waals surface area contributed by atoms with Crippen LogP contribution in [0.25, 0.3) is 0 Å². The van der Waals surface area contributed by atoms with Gasteiger partial charge in [-0.25, -0.2) is 0 Å². The molecule has 1 aromatic rings. The molecule has 1 aliphatic rings. The third-order valence-electron chi connectivity index (χ3n) is 3.65. The smallest absolute Gasteiger partial charge is 0.313 e. The molecular formula is C16H20N2O5. The van der Waals surface area contributed by atoms with Crippen molar-refractivity contribution in [3.63, 3.8) is 0 Å². The Kier molecular flexibility index (Phi) is 5.56. The van der Waals surface area contributed by atoms with E-state index < -0.39 is 11.8 Å². The second kappa shape index (κ2) is 7.62. The maximum atomic E-state index is 12.2. The number of nitrogens with zero attached hydrogens (tertiary/aromatic N) is 1. The van der Waals surface area contributed by atoms with Crippen LogP contribution >= 0.6 is 0 Å². The normalized spacial score (nSPS) is 17.4. The summed E-state index contributed by atoms with van der Waals surface area (Å²) in [6.07, 6.45) is 1.31. The molecule has 2 N–H and O–H groups in total. The van der Waals surface area contributed by atoms with Crippen molar-refractivity contribution >= 4 is 23.5 Å². The molecule has 0 bridgehead atoms. The number of carbonyl (C=O) groups is 3. The number of ether oxygens (including phenoxy) is 1. The van der Waals surface area contributed by atoms with E-state index in [0.717, 1.165) is 0 Å². The lowest BCUT2D eigenvalue weighted by molar-refractivity contribution is -0.153. The van der Waals surface area contributed by atoms with Crippen LogP contribution in [0, 0.1) is 5.92 Å². The molecule has 0 spiro atoms. The summed E-state index contributed by atoms with van der Waals surface area (Å²) in [4.78, 5) is 37.4. The van der Waals surface area contributed by atoms with Gasteiger partial charge in [-0.1, -0.05) is 0 Å². The van der Waals surface area contributed by atoms with Crippen LogP contribution in [-0.4, -0.2) is 47.5 Å². The molecule has 0 aliphatic carbocycles. The summed E-state index contributed by atoms with van der Waals surface area (Å²) in [5.41, 5.74) is 0.417. The van der Waals surface area contributed by atoms with E-state index in [1.165, 1.54) is 29.2 Å². The maximum Gasteiger partial charge on any atom is 0.313 e. The molecule has 1 unspecified atom stereocenters. The Labute approximate surface area is 134 Å². The average Bonchev–Trinajstić information content (AvgIpc) is 2.56. The van der Waals surface area contributed by atoms with Gasteiger partial charge in [-0.3, -0.25) is 14.4 Å². The van der Waals surface area contributed by atoms with E-state index in [4.69, 9.17) is 4.74 Å². The molecule has 0 saturated carbocycles. The highest BCUT2D eigenvalue weighted by Crippen LogP contribution is 2.19. The van der Waals surface area contributed by atoms with Crippen molar-refractivity contribution in [1.29, 1.82) is 0 Å². The van der Waals surface area contributed by atoms with Crippen LogP contribution in [0.4, 0.5) is 5.69 Å². The number of phenols is 1. The van der Waals surface area contributed by atoms with Crippen LogP contribution < -0.4 is 5.32 Å². The molecule has 1 aromatic carbocycles. The van der Waals surface area contributed by atoms with E-state index >= 15 is 0 Å². The molecular weight excluding hydrogens is 300 g/mol. The summed E-state index contributed by atoms with van der Waals surface area (Å²) in [6, 6.07) is 5.83. The number of anilines is 1. The van der Waals surface area contributed by atoms with Gasteiger partial charge in [0.2, 0.25) is 0 Å². The quantitative estimate of drug-likeness (QED) is 0.494. The maximum absolute atomic E-state index is 12.2. The Balaban J connectivity index is 1.94. The van der Waals surface area contributed by atoms with E-state index in [0.29, 0.717) is 31.7 Å². The number of likely N-dealkylation sites (tertiary alicyclic amines) is 1. The minimum atomic E-state index is -0.764. The molecule has 1 atom stereocenters. The molecule has 1 aliphatic heterocycles. The van der Waals surface area contributed by atoms with Gasteiger partial charge in [0.25, 0.3) is 0 Å². The molecule has 2 rings (SSSR count). The van der Waals surface area contributed by atoms with E-state index in [2.05, 4.69) is 5.32 Å². The molecule has 2 amide bonds. The Morgan fingerprint density at radius 2 is 2.00 bits per heavy atom. The second-order valence-corrected chi connectivity index (χ2v) is 5.34. The zero-order chi connectivity index (χ0) is 16.8. The lowest BCUT2D eigenvalue weighted by atomic mass is 9.98. The average molecular weight is 320 g/mol. The highest BCUT2D eigenvalue weighted by Gasteiger charge is 2.31. The van der Waals surface area contributed by atoms with Crippen molar-refractivity contribution in [2.24, 2.45) is 5.92 Å². The van der Waals surface area contributed by atoms with Crippen LogP contribution in [0.2, 0.25) is 0 Å². The monoisotopic (exact) mass is 320 g/mol. The fourth-order valence-electron chi connectivity index (χ4n) is 2.49. The summed E-state index contributed by atoms with van der Waals surface area (Å²) >= 11 is 0. The van der Waals surface area contributed by atoms with Crippen LogP contribution in [0.1, 0.15) is 19.8 Å². The van der Waals surface area contributed by atoms with Crippen molar-refractivity contribution < 1.29 is 24.2 Å². The van der Waals surface area contributed by atoms with Gasteiger partial charge in [0.1, 0.15) is 5.75 Å². The summed E-state index contributed by atoms with van der Waals surface area (Å²) in [5, 5.41) is 11.7. The fourth-order valence-corrected chi connectivity index (χ4v) is 2.49. The van der Waals surface area contributed by atoms with Crippen LogP contribution in [0.15, 0.2) is 24.3 Å². The zero-order valence-electron chi connectivity index (χ0n) is 12.9. The van der Waals surface area contributed by atoms with Crippen LogP contribution in [0.3, 0.4) is 0 Å².